The molecule has 4 aromatic rings. The van der Waals surface area contributed by atoms with Gasteiger partial charge in [0.2, 0.25) is 5.13 Å². The molecule has 1 N–H and O–H groups in total. The number of nitrogens with one attached hydrogen (secondary N) is 1. The van der Waals surface area contributed by atoms with Crippen LogP contribution < -0.4 is 15.0 Å². The summed E-state index contributed by atoms with van der Waals surface area (Å²) in [5.74, 6) is 0.181. The number of hydrogen-bond acceptors (Lipinski definition) is 8. The minimum Gasteiger partial charge on any atom is -0.493 e. The van der Waals surface area contributed by atoms with E-state index in [4.69, 9.17) is 14.2 Å². The van der Waals surface area contributed by atoms with E-state index in [0.717, 1.165) is 10.2 Å². The fourth-order valence-corrected chi connectivity index (χ4v) is 4.46. The van der Waals surface area contributed by atoms with Crippen molar-refractivity contribution >= 4 is 38.9 Å². The quantitative estimate of drug-likeness (QED) is 0.340. The Labute approximate surface area is 193 Å². The van der Waals surface area contributed by atoms with Crippen LogP contribution in [0.1, 0.15) is 28.5 Å². The highest BCUT2D eigenvalue weighted by Gasteiger charge is 2.21. The SMILES string of the molecule is COC(=O)c1cc(OC)c(OC)cc1N=C(C)c1c(C)[nH]n(-c2nc3ccccc3s2)c1=O. The number of aromatic amines is 1. The van der Waals surface area contributed by atoms with Gasteiger partial charge < -0.3 is 14.2 Å². The Kier molecular flexibility index (Phi) is 6.01. The number of esters is 1. The molecule has 4 rings (SSSR count). The summed E-state index contributed by atoms with van der Waals surface area (Å²) in [5.41, 5.74) is 2.45. The summed E-state index contributed by atoms with van der Waals surface area (Å²) in [7, 11) is 4.25. The van der Waals surface area contributed by atoms with E-state index >= 15 is 0 Å². The molecular weight excluding hydrogens is 444 g/mol. The van der Waals surface area contributed by atoms with Crippen LogP contribution in [-0.2, 0) is 4.74 Å². The lowest BCUT2D eigenvalue weighted by atomic mass is 10.1. The average molecular weight is 467 g/mol. The number of aliphatic imine (C=N–C) groups is 1. The van der Waals surface area contributed by atoms with Crippen molar-refractivity contribution in [3.8, 4) is 16.6 Å². The van der Waals surface area contributed by atoms with Gasteiger partial charge in [-0.3, -0.25) is 14.9 Å². The van der Waals surface area contributed by atoms with Crippen LogP contribution in [-0.4, -0.2) is 47.8 Å². The molecular formula is C23H22N4O5S. The number of para-hydroxylation sites is 1. The van der Waals surface area contributed by atoms with Crippen LogP contribution in [0.25, 0.3) is 15.3 Å². The lowest BCUT2D eigenvalue weighted by molar-refractivity contribution is 0.0601. The number of aryl methyl sites for hydroxylation is 1. The number of aromatic nitrogens is 3. The number of thiazole rings is 1. The third kappa shape index (κ3) is 4.00. The van der Waals surface area contributed by atoms with E-state index in [9.17, 15) is 9.59 Å². The Bertz CT molecular complexity index is 1410. The van der Waals surface area contributed by atoms with Crippen LogP contribution in [0.2, 0.25) is 0 Å². The maximum atomic E-state index is 13.3. The molecule has 2 aromatic carbocycles. The average Bonchev–Trinajstić information content (AvgIpc) is 3.38. The van der Waals surface area contributed by atoms with E-state index in [1.165, 1.54) is 43.4 Å². The van der Waals surface area contributed by atoms with E-state index in [-0.39, 0.29) is 11.1 Å². The smallest absolute Gasteiger partial charge is 0.340 e. The molecule has 0 amide bonds. The Balaban J connectivity index is 1.83. The lowest BCUT2D eigenvalue weighted by Crippen LogP contribution is -2.19. The van der Waals surface area contributed by atoms with Crippen LogP contribution >= 0.6 is 11.3 Å². The van der Waals surface area contributed by atoms with Crippen LogP contribution in [0.15, 0.2) is 46.2 Å². The molecule has 0 atom stereocenters. The van der Waals surface area contributed by atoms with Crippen molar-refractivity contribution in [1.82, 2.24) is 14.8 Å². The zero-order chi connectivity index (χ0) is 23.7. The molecule has 0 aliphatic rings. The number of nitrogens with zero attached hydrogens (tertiary/aromatic N) is 3. The van der Waals surface area contributed by atoms with E-state index in [1.54, 1.807) is 19.9 Å². The molecule has 0 aliphatic heterocycles. The Hall–Kier alpha value is -3.92. The Morgan fingerprint density at radius 3 is 2.48 bits per heavy atom. The highest BCUT2D eigenvalue weighted by atomic mass is 32.1. The maximum Gasteiger partial charge on any atom is 0.340 e. The largest absolute Gasteiger partial charge is 0.493 e. The molecule has 0 radical (unpaired) electrons. The first-order valence-electron chi connectivity index (χ1n) is 9.95. The zero-order valence-corrected chi connectivity index (χ0v) is 19.6. The number of rotatable bonds is 6. The molecule has 0 fully saturated rings. The Morgan fingerprint density at radius 1 is 1.12 bits per heavy atom. The highest BCUT2D eigenvalue weighted by Crippen LogP contribution is 2.35. The number of hydrogen-bond donors (Lipinski definition) is 1. The molecule has 0 spiro atoms. The second-order valence-corrected chi connectivity index (χ2v) is 8.14. The van der Waals surface area contributed by atoms with Gasteiger partial charge in [0.15, 0.2) is 11.5 Å². The predicted molar refractivity (Wildman–Crippen MR) is 127 cm³/mol. The number of carbonyl (C=O) groups is 1. The molecule has 33 heavy (non-hydrogen) atoms. The van der Waals surface area contributed by atoms with Crippen molar-refractivity contribution in [3.63, 3.8) is 0 Å². The van der Waals surface area contributed by atoms with Gasteiger partial charge in [0.05, 0.1) is 54.1 Å². The molecule has 0 saturated carbocycles. The predicted octanol–water partition coefficient (Wildman–Crippen LogP) is 4.03. The van der Waals surface area contributed by atoms with Crippen LogP contribution in [0, 0.1) is 6.92 Å². The van der Waals surface area contributed by atoms with Gasteiger partial charge in [-0.1, -0.05) is 23.5 Å². The second-order valence-electron chi connectivity index (χ2n) is 7.13. The molecule has 0 bridgehead atoms. The van der Waals surface area contributed by atoms with E-state index < -0.39 is 5.97 Å². The summed E-state index contributed by atoms with van der Waals surface area (Å²) in [6, 6.07) is 10.8. The van der Waals surface area contributed by atoms with Gasteiger partial charge in [0.1, 0.15) is 0 Å². The third-order valence-corrected chi connectivity index (χ3v) is 6.12. The van der Waals surface area contributed by atoms with Gasteiger partial charge in [-0.25, -0.2) is 9.78 Å². The lowest BCUT2D eigenvalue weighted by Gasteiger charge is -2.12. The summed E-state index contributed by atoms with van der Waals surface area (Å²) in [5, 5.41) is 3.61. The summed E-state index contributed by atoms with van der Waals surface area (Å²) >= 11 is 1.41. The van der Waals surface area contributed by atoms with Gasteiger partial charge in [0, 0.05) is 17.8 Å². The fraction of sp³-hybridized carbons (Fsp3) is 0.217. The van der Waals surface area contributed by atoms with Crippen LogP contribution in [0.5, 0.6) is 11.5 Å². The number of methoxy groups -OCH3 is 3. The van der Waals surface area contributed by atoms with Gasteiger partial charge in [-0.15, -0.1) is 0 Å². The monoisotopic (exact) mass is 466 g/mol. The van der Waals surface area contributed by atoms with Gasteiger partial charge >= 0.3 is 5.97 Å². The van der Waals surface area contributed by atoms with E-state index in [1.807, 2.05) is 24.3 Å². The van der Waals surface area contributed by atoms with Gasteiger partial charge in [-0.05, 0) is 26.0 Å². The van der Waals surface area contributed by atoms with Crippen molar-refractivity contribution < 1.29 is 19.0 Å². The van der Waals surface area contributed by atoms with Crippen LogP contribution in [0.4, 0.5) is 5.69 Å². The first-order valence-corrected chi connectivity index (χ1v) is 10.8. The van der Waals surface area contributed by atoms with Crippen molar-refractivity contribution in [1.29, 1.82) is 0 Å². The van der Waals surface area contributed by atoms with Gasteiger partial charge in [0.25, 0.3) is 5.56 Å². The van der Waals surface area contributed by atoms with E-state index in [2.05, 4.69) is 15.1 Å². The minimum atomic E-state index is -0.583. The van der Waals surface area contributed by atoms with Crippen molar-refractivity contribution in [2.45, 2.75) is 13.8 Å². The normalized spacial score (nSPS) is 11.6. The number of carbonyl (C=O) groups excluding carboxylic acids is 1. The number of fused-ring (bicyclic) bond motifs is 1. The summed E-state index contributed by atoms with van der Waals surface area (Å²) in [4.78, 5) is 34.8. The number of benzene rings is 2. The second kappa shape index (κ2) is 8.91. The molecule has 170 valence electrons. The standard InChI is InChI=1S/C23H22N4O5S/c1-12(24-16-11-18(31-4)17(30-3)10-14(16)22(29)32-5)20-13(2)26-27(21(20)28)23-25-15-8-6-7-9-19(15)33-23/h6-11,26H,1-5H3. The van der Waals surface area contributed by atoms with Gasteiger partial charge in [-0.2, -0.15) is 4.68 Å². The summed E-state index contributed by atoms with van der Waals surface area (Å²) < 4.78 is 17.9. The molecule has 0 aliphatic carbocycles. The minimum absolute atomic E-state index is 0.189. The fourth-order valence-electron chi connectivity index (χ4n) is 3.53. The van der Waals surface area contributed by atoms with Crippen LogP contribution in [0.3, 0.4) is 0 Å². The molecule has 10 heteroatoms. The third-order valence-electron chi connectivity index (χ3n) is 5.10. The molecule has 2 heterocycles. The van der Waals surface area contributed by atoms with Crippen molar-refractivity contribution in [3.05, 3.63) is 63.6 Å². The molecule has 0 unspecified atom stereocenters. The number of H-pyrrole nitrogens is 1. The summed E-state index contributed by atoms with van der Waals surface area (Å²) in [6.45, 7) is 3.49. The van der Waals surface area contributed by atoms with E-state index in [0.29, 0.717) is 39.3 Å². The topological polar surface area (TPSA) is 108 Å². The first kappa shape index (κ1) is 22.3. The molecule has 0 saturated heterocycles. The van der Waals surface area contributed by atoms with Crippen molar-refractivity contribution in [2.75, 3.05) is 21.3 Å². The first-order chi connectivity index (χ1) is 15.9. The Morgan fingerprint density at radius 2 is 1.82 bits per heavy atom. The zero-order valence-electron chi connectivity index (χ0n) is 18.8. The highest BCUT2D eigenvalue weighted by molar-refractivity contribution is 7.20. The number of ether oxygens (including phenoxy) is 3. The van der Waals surface area contributed by atoms with Crippen molar-refractivity contribution in [2.24, 2.45) is 4.99 Å². The molecule has 2 aromatic heterocycles. The summed E-state index contributed by atoms with van der Waals surface area (Å²) in [6.07, 6.45) is 0. The molecule has 9 nitrogen and oxygen atoms in total. The maximum absolute atomic E-state index is 13.3.